The van der Waals surface area contributed by atoms with Crippen molar-refractivity contribution >= 4 is 33.8 Å². The summed E-state index contributed by atoms with van der Waals surface area (Å²) in [4.78, 5) is 0. The maximum absolute atomic E-state index is 2.29. The molecule has 1 heteroatoms. The number of benzene rings is 2. The first-order valence-electron chi connectivity index (χ1n) is 4.64. The number of fused-ring (bicyclic) bond motifs is 2. The fourth-order valence-corrected chi connectivity index (χ4v) is 3.81. The number of hydrogen-bond acceptors (Lipinski definition) is 0. The summed E-state index contributed by atoms with van der Waals surface area (Å²) in [6, 6.07) is 19.6. The summed E-state index contributed by atoms with van der Waals surface area (Å²) in [5, 5.41) is 2.79. The molecule has 0 amide bonds. The molecule has 1 heterocycles. The zero-order valence-electron chi connectivity index (χ0n) is 7.60. The van der Waals surface area contributed by atoms with Gasteiger partial charge in [0.25, 0.3) is 0 Å². The zero-order chi connectivity index (χ0) is 9.38. The molecule has 0 saturated heterocycles. The second-order valence-corrected chi connectivity index (χ2v) is 5.60. The van der Waals surface area contributed by atoms with Gasteiger partial charge in [0.15, 0.2) is 0 Å². The van der Waals surface area contributed by atoms with Crippen molar-refractivity contribution in [2.45, 2.75) is 0 Å². The predicted molar refractivity (Wildman–Crippen MR) is 62.8 cm³/mol. The van der Waals surface area contributed by atoms with Crippen LogP contribution in [-0.2, 0) is 0 Å². The van der Waals surface area contributed by atoms with Gasteiger partial charge in [-0.1, -0.05) is 0 Å². The Morgan fingerprint density at radius 2 is 1.14 bits per heavy atom. The summed E-state index contributed by atoms with van der Waals surface area (Å²) in [6.45, 7) is 0. The van der Waals surface area contributed by atoms with E-state index < -0.39 is 0 Å². The monoisotopic (exact) mass is 245 g/mol. The van der Waals surface area contributed by atoms with Gasteiger partial charge in [-0.25, -0.2) is 0 Å². The Morgan fingerprint density at radius 3 is 1.71 bits per heavy atom. The molecule has 1 aromatic heterocycles. The zero-order valence-corrected chi connectivity index (χ0v) is 9.32. The van der Waals surface area contributed by atoms with Crippen molar-refractivity contribution in [2.24, 2.45) is 0 Å². The van der Waals surface area contributed by atoms with Gasteiger partial charge in [0.2, 0.25) is 0 Å². The molecule has 66 valence electrons. The van der Waals surface area contributed by atoms with E-state index >= 15 is 0 Å². The third-order valence-corrected chi connectivity index (χ3v) is 4.85. The third kappa shape index (κ3) is 1.26. The first-order valence-corrected chi connectivity index (χ1v) is 6.35. The standard InChI is InChI=1S/C13H9Se/c1-3-7-12-10(5-1)9-11-6-2-4-8-13(11)14-12/h1-9H/q+1. The van der Waals surface area contributed by atoms with Crippen LogP contribution in [0.25, 0.3) is 19.3 Å². The van der Waals surface area contributed by atoms with Crippen molar-refractivity contribution in [1.82, 2.24) is 0 Å². The second-order valence-electron chi connectivity index (χ2n) is 3.32. The molecule has 0 saturated carbocycles. The van der Waals surface area contributed by atoms with E-state index in [4.69, 9.17) is 0 Å². The van der Waals surface area contributed by atoms with Crippen molar-refractivity contribution in [1.29, 1.82) is 0 Å². The molecule has 0 unspecified atom stereocenters. The molecule has 0 atom stereocenters. The Hall–Kier alpha value is -1.17. The van der Waals surface area contributed by atoms with Crippen LogP contribution in [-0.4, -0.2) is 14.5 Å². The van der Waals surface area contributed by atoms with Gasteiger partial charge < -0.3 is 0 Å². The van der Waals surface area contributed by atoms with Gasteiger partial charge in [-0.15, -0.1) is 0 Å². The fourth-order valence-electron chi connectivity index (χ4n) is 1.67. The van der Waals surface area contributed by atoms with E-state index in [1.807, 2.05) is 0 Å². The molecular formula is C13H9Se+. The quantitative estimate of drug-likeness (QED) is 0.420. The Morgan fingerprint density at radius 1 is 0.643 bits per heavy atom. The van der Waals surface area contributed by atoms with Gasteiger partial charge in [0, 0.05) is 0 Å². The van der Waals surface area contributed by atoms with Crippen LogP contribution in [0.2, 0.25) is 0 Å². The van der Waals surface area contributed by atoms with E-state index in [9.17, 15) is 0 Å². The Labute approximate surface area is 88.6 Å². The van der Waals surface area contributed by atoms with Crippen LogP contribution in [0.15, 0.2) is 54.6 Å². The van der Waals surface area contributed by atoms with Crippen LogP contribution in [0.1, 0.15) is 0 Å². The van der Waals surface area contributed by atoms with Crippen LogP contribution in [0.5, 0.6) is 0 Å². The van der Waals surface area contributed by atoms with Gasteiger partial charge >= 0.3 is 88.4 Å². The third-order valence-electron chi connectivity index (χ3n) is 2.37. The van der Waals surface area contributed by atoms with Gasteiger partial charge in [-0.2, -0.15) is 0 Å². The average molecular weight is 244 g/mol. The van der Waals surface area contributed by atoms with Crippen LogP contribution in [0.4, 0.5) is 0 Å². The molecule has 0 nitrogen and oxygen atoms in total. The summed E-state index contributed by atoms with van der Waals surface area (Å²) in [7, 11) is 0. The topological polar surface area (TPSA) is 0 Å². The molecule has 0 fully saturated rings. The van der Waals surface area contributed by atoms with E-state index in [-0.39, 0.29) is 0 Å². The fraction of sp³-hybridized carbons (Fsp3) is 0. The molecule has 0 aliphatic carbocycles. The van der Waals surface area contributed by atoms with E-state index in [0.29, 0.717) is 14.5 Å². The SMILES string of the molecule is c1ccc2[se+]c3ccccc3cc2c1. The second kappa shape index (κ2) is 3.20. The molecule has 0 aliphatic rings. The van der Waals surface area contributed by atoms with E-state index in [1.54, 1.807) is 0 Å². The molecule has 14 heavy (non-hydrogen) atoms. The maximum atomic E-state index is 2.29. The van der Waals surface area contributed by atoms with Crippen molar-refractivity contribution in [3.63, 3.8) is 0 Å². The molecular weight excluding hydrogens is 235 g/mol. The molecule has 0 radical (unpaired) electrons. The Kier molecular flexibility index (Phi) is 1.86. The Balaban J connectivity index is 2.52. The van der Waals surface area contributed by atoms with Crippen molar-refractivity contribution in [3.8, 4) is 0 Å². The molecule has 0 N–H and O–H groups in total. The summed E-state index contributed by atoms with van der Waals surface area (Å²) in [5.41, 5.74) is 0. The summed E-state index contributed by atoms with van der Waals surface area (Å²) >= 11 is 0.488. The minimum atomic E-state index is 0.488. The van der Waals surface area contributed by atoms with Crippen molar-refractivity contribution in [2.75, 3.05) is 0 Å². The van der Waals surface area contributed by atoms with Gasteiger partial charge in [-0.05, 0) is 0 Å². The predicted octanol–water partition coefficient (Wildman–Crippen LogP) is 3.33. The van der Waals surface area contributed by atoms with Crippen LogP contribution in [0, 0.1) is 0 Å². The summed E-state index contributed by atoms with van der Waals surface area (Å²) < 4.78 is 3.00. The van der Waals surface area contributed by atoms with Crippen LogP contribution in [0.3, 0.4) is 0 Å². The van der Waals surface area contributed by atoms with E-state index in [1.165, 1.54) is 19.3 Å². The van der Waals surface area contributed by atoms with Crippen LogP contribution >= 0.6 is 0 Å². The molecule has 3 rings (SSSR count). The molecule has 3 aromatic rings. The molecule has 2 aromatic carbocycles. The first-order chi connectivity index (χ1) is 6.93. The van der Waals surface area contributed by atoms with Crippen molar-refractivity contribution in [3.05, 3.63) is 54.6 Å². The molecule has 0 spiro atoms. The number of hydrogen-bond donors (Lipinski definition) is 0. The van der Waals surface area contributed by atoms with E-state index in [2.05, 4.69) is 54.6 Å². The average Bonchev–Trinajstić information content (AvgIpc) is 2.26. The number of rotatable bonds is 0. The first kappa shape index (κ1) is 8.16. The Bertz CT molecular complexity index is 494. The normalized spacial score (nSPS) is 10.9. The minimum absolute atomic E-state index is 0.488. The molecule has 0 bridgehead atoms. The van der Waals surface area contributed by atoms with Gasteiger partial charge in [0.1, 0.15) is 0 Å². The summed E-state index contributed by atoms with van der Waals surface area (Å²) in [6.07, 6.45) is 0. The summed E-state index contributed by atoms with van der Waals surface area (Å²) in [5.74, 6) is 0. The van der Waals surface area contributed by atoms with Gasteiger partial charge in [-0.3, -0.25) is 0 Å². The molecule has 0 aliphatic heterocycles. The van der Waals surface area contributed by atoms with E-state index in [0.717, 1.165) is 0 Å². The van der Waals surface area contributed by atoms with Gasteiger partial charge in [0.05, 0.1) is 0 Å². The van der Waals surface area contributed by atoms with Crippen molar-refractivity contribution < 1.29 is 0 Å². The van der Waals surface area contributed by atoms with Crippen LogP contribution < -0.4 is 0 Å².